The lowest BCUT2D eigenvalue weighted by Gasteiger charge is -2.31. The molecule has 2 fully saturated rings. The van der Waals surface area contributed by atoms with Crippen LogP contribution in [0.4, 0.5) is 5.69 Å². The lowest BCUT2D eigenvalue weighted by molar-refractivity contribution is -0.126. The molecular weight excluding hydrogens is 418 g/mol. The maximum absolute atomic E-state index is 13.2. The molecule has 31 heavy (non-hydrogen) atoms. The van der Waals surface area contributed by atoms with Crippen molar-refractivity contribution in [1.82, 2.24) is 9.62 Å². The number of nitrogens with one attached hydrogen (secondary N) is 1. The van der Waals surface area contributed by atoms with E-state index in [0.717, 1.165) is 30.7 Å². The van der Waals surface area contributed by atoms with E-state index in [-0.39, 0.29) is 34.8 Å². The molecule has 8 nitrogen and oxygen atoms in total. The molecule has 0 saturated carbocycles. The number of piperidine rings is 1. The number of carbonyl (C=O) groups is 2. The summed E-state index contributed by atoms with van der Waals surface area (Å²) in [5.41, 5.74) is 1.67. The van der Waals surface area contributed by atoms with Gasteiger partial charge in [0.05, 0.1) is 11.0 Å². The number of fused-ring (bicyclic) bond motifs is 1. The van der Waals surface area contributed by atoms with E-state index in [1.807, 2.05) is 6.92 Å². The van der Waals surface area contributed by atoms with Crippen molar-refractivity contribution in [2.24, 2.45) is 5.92 Å². The Balaban J connectivity index is 1.38. The SMILES string of the molecule is CC(=O)N1c2ccc(S(=O)(=O)N3CCC(C(=O)NCC4CCCO4)CC3)cc2CC1C. The van der Waals surface area contributed by atoms with Gasteiger partial charge in [-0.05, 0) is 62.8 Å². The Bertz CT molecular complexity index is 950. The molecule has 0 radical (unpaired) electrons. The molecule has 0 spiro atoms. The summed E-state index contributed by atoms with van der Waals surface area (Å²) in [7, 11) is -3.64. The van der Waals surface area contributed by atoms with Gasteiger partial charge in [-0.1, -0.05) is 0 Å². The summed E-state index contributed by atoms with van der Waals surface area (Å²) >= 11 is 0. The van der Waals surface area contributed by atoms with Crippen LogP contribution in [0, 0.1) is 5.92 Å². The van der Waals surface area contributed by atoms with Gasteiger partial charge in [0.25, 0.3) is 0 Å². The maximum atomic E-state index is 13.2. The molecule has 3 aliphatic rings. The predicted molar refractivity (Wildman–Crippen MR) is 116 cm³/mol. The second-order valence-corrected chi connectivity index (χ2v) is 10.7. The molecule has 2 saturated heterocycles. The topological polar surface area (TPSA) is 96.0 Å². The van der Waals surface area contributed by atoms with Crippen LogP contribution in [0.5, 0.6) is 0 Å². The lowest BCUT2D eigenvalue weighted by Crippen LogP contribution is -2.44. The standard InChI is InChI=1S/C22H31N3O5S/c1-15-12-18-13-20(5-6-21(18)25(15)16(2)26)31(28,29)24-9-7-17(8-10-24)22(27)23-14-19-4-3-11-30-19/h5-6,13,15,17,19H,3-4,7-12,14H2,1-2H3,(H,23,27). The number of amides is 2. The Morgan fingerprint density at radius 2 is 1.94 bits per heavy atom. The highest BCUT2D eigenvalue weighted by Crippen LogP contribution is 2.35. The van der Waals surface area contributed by atoms with E-state index in [1.54, 1.807) is 23.1 Å². The zero-order chi connectivity index (χ0) is 22.2. The van der Waals surface area contributed by atoms with Gasteiger partial charge in [0, 0.05) is 50.8 Å². The van der Waals surface area contributed by atoms with Gasteiger partial charge in [0.1, 0.15) is 0 Å². The molecule has 0 bridgehead atoms. The molecule has 3 heterocycles. The van der Waals surface area contributed by atoms with E-state index in [4.69, 9.17) is 4.74 Å². The lowest BCUT2D eigenvalue weighted by atomic mass is 9.97. The number of hydrogen-bond donors (Lipinski definition) is 1. The first-order chi connectivity index (χ1) is 14.8. The molecule has 1 N–H and O–H groups in total. The Morgan fingerprint density at radius 1 is 1.19 bits per heavy atom. The monoisotopic (exact) mass is 449 g/mol. The summed E-state index contributed by atoms with van der Waals surface area (Å²) in [5, 5.41) is 2.96. The molecule has 1 aromatic rings. The summed E-state index contributed by atoms with van der Waals surface area (Å²) in [4.78, 5) is 26.3. The van der Waals surface area contributed by atoms with Crippen LogP contribution in [0.15, 0.2) is 23.1 Å². The van der Waals surface area contributed by atoms with Crippen molar-refractivity contribution in [2.75, 3.05) is 31.1 Å². The second-order valence-electron chi connectivity index (χ2n) is 8.79. The van der Waals surface area contributed by atoms with E-state index in [2.05, 4.69) is 5.32 Å². The highest BCUT2D eigenvalue weighted by Gasteiger charge is 2.34. The predicted octanol–water partition coefficient (Wildman–Crippen LogP) is 1.68. The van der Waals surface area contributed by atoms with Crippen molar-refractivity contribution in [1.29, 1.82) is 0 Å². The van der Waals surface area contributed by atoms with Crippen molar-refractivity contribution in [3.05, 3.63) is 23.8 Å². The zero-order valence-corrected chi connectivity index (χ0v) is 19.0. The molecule has 0 aromatic heterocycles. The van der Waals surface area contributed by atoms with Gasteiger partial charge < -0.3 is 15.0 Å². The Kier molecular flexibility index (Phi) is 6.37. The van der Waals surface area contributed by atoms with Crippen molar-refractivity contribution < 1.29 is 22.7 Å². The Labute approximate surface area is 184 Å². The number of anilines is 1. The van der Waals surface area contributed by atoms with Crippen LogP contribution in [-0.2, 0) is 30.8 Å². The van der Waals surface area contributed by atoms with E-state index >= 15 is 0 Å². The van der Waals surface area contributed by atoms with E-state index in [1.165, 1.54) is 11.2 Å². The number of benzene rings is 1. The van der Waals surface area contributed by atoms with Gasteiger partial charge in [-0.2, -0.15) is 4.31 Å². The number of carbonyl (C=O) groups excluding carboxylic acids is 2. The number of sulfonamides is 1. The molecule has 1 aromatic carbocycles. The van der Waals surface area contributed by atoms with Crippen molar-refractivity contribution in [3.8, 4) is 0 Å². The number of ether oxygens (including phenoxy) is 1. The van der Waals surface area contributed by atoms with Crippen LogP contribution >= 0.6 is 0 Å². The molecular formula is C22H31N3O5S. The van der Waals surface area contributed by atoms with Gasteiger partial charge >= 0.3 is 0 Å². The fourth-order valence-electron chi connectivity index (χ4n) is 4.92. The van der Waals surface area contributed by atoms with Crippen LogP contribution < -0.4 is 10.2 Å². The summed E-state index contributed by atoms with van der Waals surface area (Å²) in [6.07, 6.45) is 3.77. The first-order valence-electron chi connectivity index (χ1n) is 11.1. The van der Waals surface area contributed by atoms with Crippen molar-refractivity contribution in [3.63, 3.8) is 0 Å². The highest BCUT2D eigenvalue weighted by molar-refractivity contribution is 7.89. The van der Waals surface area contributed by atoms with E-state index < -0.39 is 10.0 Å². The Morgan fingerprint density at radius 3 is 2.58 bits per heavy atom. The average Bonchev–Trinajstić information content (AvgIpc) is 3.38. The van der Waals surface area contributed by atoms with Gasteiger partial charge in [0.15, 0.2) is 0 Å². The number of hydrogen-bond acceptors (Lipinski definition) is 5. The molecule has 3 aliphatic heterocycles. The van der Waals surface area contributed by atoms with Gasteiger partial charge in [-0.15, -0.1) is 0 Å². The molecule has 2 unspecified atom stereocenters. The van der Waals surface area contributed by atoms with Crippen LogP contribution in [-0.4, -0.2) is 62.9 Å². The molecule has 2 atom stereocenters. The van der Waals surface area contributed by atoms with Crippen LogP contribution in [0.2, 0.25) is 0 Å². The van der Waals surface area contributed by atoms with E-state index in [9.17, 15) is 18.0 Å². The highest BCUT2D eigenvalue weighted by atomic mass is 32.2. The maximum Gasteiger partial charge on any atom is 0.243 e. The third-order valence-corrected chi connectivity index (χ3v) is 8.49. The number of nitrogens with zero attached hydrogens (tertiary/aromatic N) is 2. The van der Waals surface area contributed by atoms with Crippen LogP contribution in [0.25, 0.3) is 0 Å². The molecule has 2 amide bonds. The van der Waals surface area contributed by atoms with Gasteiger partial charge in [0.2, 0.25) is 21.8 Å². The fourth-order valence-corrected chi connectivity index (χ4v) is 6.44. The summed E-state index contributed by atoms with van der Waals surface area (Å²) in [6.45, 7) is 5.43. The zero-order valence-electron chi connectivity index (χ0n) is 18.2. The summed E-state index contributed by atoms with van der Waals surface area (Å²) in [6, 6.07) is 5.04. The molecule has 0 aliphatic carbocycles. The first kappa shape index (κ1) is 22.2. The fraction of sp³-hybridized carbons (Fsp3) is 0.636. The summed E-state index contributed by atoms with van der Waals surface area (Å²) in [5.74, 6) is -0.220. The second kappa shape index (κ2) is 8.88. The van der Waals surface area contributed by atoms with Crippen LogP contribution in [0.1, 0.15) is 45.1 Å². The summed E-state index contributed by atoms with van der Waals surface area (Å²) < 4.78 is 33.4. The van der Waals surface area contributed by atoms with Gasteiger partial charge in [-0.25, -0.2) is 8.42 Å². The first-order valence-corrected chi connectivity index (χ1v) is 12.5. The third-order valence-electron chi connectivity index (χ3n) is 6.60. The average molecular weight is 450 g/mol. The third kappa shape index (κ3) is 4.49. The minimum atomic E-state index is -3.64. The molecule has 170 valence electrons. The minimum absolute atomic E-state index is 0.0107. The van der Waals surface area contributed by atoms with E-state index in [0.29, 0.717) is 38.9 Å². The minimum Gasteiger partial charge on any atom is -0.376 e. The quantitative estimate of drug-likeness (QED) is 0.738. The van der Waals surface area contributed by atoms with Crippen molar-refractivity contribution in [2.45, 2.75) is 63.0 Å². The Hall–Kier alpha value is -1.97. The number of rotatable bonds is 5. The van der Waals surface area contributed by atoms with Crippen LogP contribution in [0.3, 0.4) is 0 Å². The van der Waals surface area contributed by atoms with Gasteiger partial charge in [-0.3, -0.25) is 9.59 Å². The normalized spacial score (nSPS) is 24.9. The molecule has 4 rings (SSSR count). The van der Waals surface area contributed by atoms with Crippen molar-refractivity contribution >= 4 is 27.5 Å². The smallest absolute Gasteiger partial charge is 0.243 e. The largest absolute Gasteiger partial charge is 0.376 e. The molecule has 9 heteroatoms.